The number of halogens is 6. The fourth-order valence-corrected chi connectivity index (χ4v) is 6.86. The van der Waals surface area contributed by atoms with Gasteiger partial charge in [-0.15, -0.1) is 0 Å². The summed E-state index contributed by atoms with van der Waals surface area (Å²) in [4.78, 5) is 72.8. The zero-order chi connectivity index (χ0) is 46.5. The van der Waals surface area contributed by atoms with Crippen molar-refractivity contribution in [3.05, 3.63) is 109 Å². The standard InChI is InChI=1S/C43H42F6O14/c1-3-35(50)60-23-29(62-39(56)33-11-7-5-9-31(33)37(52)53)21-58-27-17-13-25(14-18-27)41(42(44,45)46,43(47,48)49)26-15-19-28(20-16-26)59-22-30(24-61-36(51)4-2)63-40(57)34-12-8-6-10-32(34)38(54)55/h3-8,13-20,29-34H,1-2,9-12,21-24H2,(H,52,53)(H,54,55). The van der Waals surface area contributed by atoms with Gasteiger partial charge in [0.25, 0.3) is 0 Å². The number of ether oxygens (including phenoxy) is 6. The summed E-state index contributed by atoms with van der Waals surface area (Å²) >= 11 is 0. The van der Waals surface area contributed by atoms with Gasteiger partial charge in [-0.05, 0) is 61.1 Å². The maximum Gasteiger partial charge on any atom is 0.411 e. The summed E-state index contributed by atoms with van der Waals surface area (Å²) in [7, 11) is 0. The molecule has 2 N–H and O–H groups in total. The van der Waals surface area contributed by atoms with E-state index in [-0.39, 0.29) is 37.2 Å². The molecule has 340 valence electrons. The van der Waals surface area contributed by atoms with Crippen LogP contribution in [0.1, 0.15) is 36.8 Å². The lowest BCUT2D eigenvalue weighted by Gasteiger charge is -2.38. The molecule has 2 aromatic carbocycles. The van der Waals surface area contributed by atoms with Gasteiger partial charge >= 0.3 is 48.2 Å². The van der Waals surface area contributed by atoms with Crippen molar-refractivity contribution in [3.63, 3.8) is 0 Å². The molecule has 0 amide bonds. The summed E-state index contributed by atoms with van der Waals surface area (Å²) in [6.45, 7) is 3.98. The molecule has 0 saturated carbocycles. The number of benzene rings is 2. The zero-order valence-corrected chi connectivity index (χ0v) is 33.2. The Hall–Kier alpha value is -6.60. The van der Waals surface area contributed by atoms with E-state index in [9.17, 15) is 65.3 Å². The van der Waals surface area contributed by atoms with Crippen LogP contribution in [0.4, 0.5) is 26.3 Å². The summed E-state index contributed by atoms with van der Waals surface area (Å²) in [6.07, 6.45) is -6.71. The van der Waals surface area contributed by atoms with Crippen LogP contribution in [0.5, 0.6) is 11.5 Å². The van der Waals surface area contributed by atoms with Gasteiger partial charge in [0.15, 0.2) is 12.2 Å². The summed E-state index contributed by atoms with van der Waals surface area (Å²) in [5.74, 6) is -11.4. The molecule has 2 aliphatic rings. The Morgan fingerprint density at radius 2 is 0.873 bits per heavy atom. The Balaban J connectivity index is 1.54. The van der Waals surface area contributed by atoms with Gasteiger partial charge in [-0.1, -0.05) is 61.7 Å². The molecular formula is C43H42F6O14. The first-order valence-corrected chi connectivity index (χ1v) is 19.1. The van der Waals surface area contributed by atoms with E-state index in [1.54, 1.807) is 24.3 Å². The number of hydrogen-bond acceptors (Lipinski definition) is 12. The van der Waals surface area contributed by atoms with Crippen LogP contribution in [-0.4, -0.2) is 97.0 Å². The largest absolute Gasteiger partial charge is 0.490 e. The Morgan fingerprint density at radius 3 is 1.16 bits per heavy atom. The molecule has 14 nitrogen and oxygen atoms in total. The minimum Gasteiger partial charge on any atom is -0.490 e. The van der Waals surface area contributed by atoms with E-state index in [1.165, 1.54) is 0 Å². The summed E-state index contributed by atoms with van der Waals surface area (Å²) < 4.78 is 121. The average Bonchev–Trinajstić information content (AvgIpc) is 3.25. The van der Waals surface area contributed by atoms with Crippen molar-refractivity contribution in [2.75, 3.05) is 26.4 Å². The van der Waals surface area contributed by atoms with E-state index in [1.807, 2.05) is 0 Å². The molecule has 4 rings (SSSR count). The second-order valence-electron chi connectivity index (χ2n) is 14.2. The Bertz CT molecular complexity index is 1900. The SMILES string of the molecule is C=CC(=O)OCC(COc1ccc(C(c2ccc(OCC(COC(=O)C=C)OC(=O)C3CC=CCC3C(=O)O)cc2)(C(F)(F)F)C(F)(F)F)cc1)OC(=O)C1CC=CCC1C(=O)O. The maximum atomic E-state index is 15.0. The lowest BCUT2D eigenvalue weighted by atomic mass is 9.73. The molecule has 0 spiro atoms. The molecule has 6 atom stereocenters. The fourth-order valence-electron chi connectivity index (χ4n) is 6.86. The first kappa shape index (κ1) is 49.1. The second-order valence-corrected chi connectivity index (χ2v) is 14.2. The van der Waals surface area contributed by atoms with Crippen molar-refractivity contribution in [2.24, 2.45) is 23.7 Å². The summed E-state index contributed by atoms with van der Waals surface area (Å²) in [6, 6.07) is 5.37. The van der Waals surface area contributed by atoms with Crippen LogP contribution >= 0.6 is 0 Å². The van der Waals surface area contributed by atoms with E-state index in [0.29, 0.717) is 24.3 Å². The van der Waals surface area contributed by atoms with Crippen LogP contribution in [0, 0.1) is 23.7 Å². The zero-order valence-electron chi connectivity index (χ0n) is 33.2. The molecular weight excluding hydrogens is 854 g/mol. The Labute approximate surface area is 355 Å². The number of esters is 4. The fraction of sp³-hybridized carbons (Fsp3) is 0.395. The second kappa shape index (κ2) is 21.5. The molecule has 0 bridgehead atoms. The topological polar surface area (TPSA) is 198 Å². The van der Waals surface area contributed by atoms with E-state index >= 15 is 0 Å². The molecule has 0 fully saturated rings. The van der Waals surface area contributed by atoms with Crippen molar-refractivity contribution in [2.45, 2.75) is 55.7 Å². The Kier molecular flexibility index (Phi) is 16.7. The minimum absolute atomic E-state index is 0.0242. The van der Waals surface area contributed by atoms with Crippen molar-refractivity contribution in [3.8, 4) is 11.5 Å². The van der Waals surface area contributed by atoms with Crippen molar-refractivity contribution in [1.29, 1.82) is 0 Å². The van der Waals surface area contributed by atoms with Crippen LogP contribution in [0.25, 0.3) is 0 Å². The molecule has 0 saturated heterocycles. The molecule has 0 aliphatic heterocycles. The third kappa shape index (κ3) is 12.3. The van der Waals surface area contributed by atoms with Crippen LogP contribution in [-0.2, 0) is 53.1 Å². The molecule has 2 aromatic rings. The summed E-state index contributed by atoms with van der Waals surface area (Å²) in [5, 5.41) is 19.1. The highest BCUT2D eigenvalue weighted by Crippen LogP contribution is 2.56. The average molecular weight is 897 g/mol. The number of allylic oxidation sites excluding steroid dienone is 4. The Morgan fingerprint density at radius 1 is 0.556 bits per heavy atom. The van der Waals surface area contributed by atoms with Crippen LogP contribution in [0.3, 0.4) is 0 Å². The number of carboxylic acids is 2. The molecule has 0 radical (unpaired) electrons. The normalized spacial score (nSPS) is 19.7. The van der Waals surface area contributed by atoms with Gasteiger partial charge < -0.3 is 38.6 Å². The number of alkyl halides is 6. The van der Waals surface area contributed by atoms with Gasteiger partial charge in [0.2, 0.25) is 5.41 Å². The maximum absolute atomic E-state index is 15.0. The number of rotatable bonds is 20. The number of hydrogen-bond donors (Lipinski definition) is 2. The smallest absolute Gasteiger partial charge is 0.411 e. The van der Waals surface area contributed by atoms with Crippen molar-refractivity contribution < 1.29 is 93.7 Å². The van der Waals surface area contributed by atoms with E-state index in [0.717, 1.165) is 36.4 Å². The number of aliphatic carboxylic acids is 2. The highest BCUT2D eigenvalue weighted by atomic mass is 19.4. The van der Waals surface area contributed by atoms with Crippen molar-refractivity contribution >= 4 is 35.8 Å². The van der Waals surface area contributed by atoms with Crippen LogP contribution in [0.15, 0.2) is 98.1 Å². The number of carbonyl (C=O) groups is 6. The molecule has 2 aliphatic carbocycles. The van der Waals surface area contributed by atoms with E-state index in [2.05, 4.69) is 13.2 Å². The van der Waals surface area contributed by atoms with Crippen LogP contribution < -0.4 is 9.47 Å². The van der Waals surface area contributed by atoms with Gasteiger partial charge in [0, 0.05) is 12.2 Å². The quantitative estimate of drug-likeness (QED) is 0.0482. The molecule has 20 heteroatoms. The first-order valence-electron chi connectivity index (χ1n) is 19.1. The highest BCUT2D eigenvalue weighted by Gasteiger charge is 2.72. The first-order chi connectivity index (χ1) is 29.7. The number of carbonyl (C=O) groups excluding carboxylic acids is 4. The van der Waals surface area contributed by atoms with Gasteiger partial charge in [-0.25, -0.2) is 9.59 Å². The number of carboxylic acid groups (broad SMARTS) is 2. The predicted octanol–water partition coefficient (Wildman–Crippen LogP) is 6.47. The molecule has 0 heterocycles. The predicted molar refractivity (Wildman–Crippen MR) is 205 cm³/mol. The molecule has 6 unspecified atom stereocenters. The third-order valence-electron chi connectivity index (χ3n) is 10.1. The van der Waals surface area contributed by atoms with E-state index < -0.39 is 127 Å². The molecule has 0 aromatic heterocycles. The van der Waals surface area contributed by atoms with Crippen molar-refractivity contribution in [1.82, 2.24) is 0 Å². The van der Waals surface area contributed by atoms with Gasteiger partial charge in [-0.2, -0.15) is 26.3 Å². The summed E-state index contributed by atoms with van der Waals surface area (Å²) in [5.41, 5.74) is -7.16. The lowest BCUT2D eigenvalue weighted by Crippen LogP contribution is -2.54. The third-order valence-corrected chi connectivity index (χ3v) is 10.1. The monoisotopic (exact) mass is 896 g/mol. The van der Waals surface area contributed by atoms with E-state index in [4.69, 9.17) is 28.4 Å². The van der Waals surface area contributed by atoms with Gasteiger partial charge in [0.05, 0.1) is 23.7 Å². The van der Waals surface area contributed by atoms with Gasteiger partial charge in [-0.3, -0.25) is 19.2 Å². The highest BCUT2D eigenvalue weighted by molar-refractivity contribution is 5.83. The minimum atomic E-state index is -6.00. The van der Waals surface area contributed by atoms with Crippen LogP contribution in [0.2, 0.25) is 0 Å². The lowest BCUT2D eigenvalue weighted by molar-refractivity contribution is -0.288. The molecule has 63 heavy (non-hydrogen) atoms. The van der Waals surface area contributed by atoms with Gasteiger partial charge in [0.1, 0.15) is 37.9 Å².